The van der Waals surface area contributed by atoms with Crippen LogP contribution in [0.25, 0.3) is 17.0 Å². The Balaban J connectivity index is 2.29. The molecule has 0 unspecified atom stereocenters. The average molecular weight is 286 g/mol. The van der Waals surface area contributed by atoms with Gasteiger partial charge in [0.1, 0.15) is 5.75 Å². The minimum absolute atomic E-state index is 0.165. The second-order valence-corrected chi connectivity index (χ2v) is 5.40. The van der Waals surface area contributed by atoms with Crippen molar-refractivity contribution in [3.05, 3.63) is 45.3 Å². The second kappa shape index (κ2) is 5.24. The van der Waals surface area contributed by atoms with Gasteiger partial charge in [-0.05, 0) is 37.5 Å². The van der Waals surface area contributed by atoms with E-state index in [1.807, 2.05) is 18.2 Å². The van der Waals surface area contributed by atoms with E-state index in [0.29, 0.717) is 0 Å². The Labute approximate surface area is 123 Å². The van der Waals surface area contributed by atoms with E-state index in [4.69, 9.17) is 4.74 Å². The van der Waals surface area contributed by atoms with Crippen LogP contribution in [-0.2, 0) is 13.0 Å². The molecule has 5 nitrogen and oxygen atoms in total. The molecule has 2 heterocycles. The van der Waals surface area contributed by atoms with Crippen LogP contribution in [0.1, 0.15) is 31.0 Å². The van der Waals surface area contributed by atoms with Crippen molar-refractivity contribution >= 4 is 17.0 Å². The number of rotatable bonds is 3. The predicted octanol–water partition coefficient (Wildman–Crippen LogP) is 3.62. The Morgan fingerprint density at radius 3 is 2.95 bits per heavy atom. The van der Waals surface area contributed by atoms with Crippen LogP contribution in [0.5, 0.6) is 5.75 Å². The maximum absolute atomic E-state index is 11.0. The number of hydrogen-bond donors (Lipinski definition) is 0. The van der Waals surface area contributed by atoms with Gasteiger partial charge in [-0.3, -0.25) is 10.1 Å². The Bertz CT molecular complexity index is 744. The molecule has 2 aromatic rings. The minimum Gasteiger partial charge on any atom is -0.497 e. The van der Waals surface area contributed by atoms with E-state index in [0.717, 1.165) is 48.0 Å². The van der Waals surface area contributed by atoms with Crippen molar-refractivity contribution in [2.24, 2.45) is 0 Å². The van der Waals surface area contributed by atoms with Crippen molar-refractivity contribution in [2.75, 3.05) is 7.11 Å². The van der Waals surface area contributed by atoms with E-state index >= 15 is 0 Å². The van der Waals surface area contributed by atoms with Gasteiger partial charge in [0.2, 0.25) is 5.70 Å². The molecule has 0 N–H and O–H groups in total. The first kappa shape index (κ1) is 13.7. The van der Waals surface area contributed by atoms with Crippen LogP contribution in [0.3, 0.4) is 0 Å². The first-order valence-electron chi connectivity index (χ1n) is 7.13. The standard InChI is InChI=1S/C16H18N2O3/c1-11(18(19)20)9-13-14-10-12(21-2)6-7-16(14)17-8-4-3-5-15(13)17/h6-7,9-10H,3-5,8H2,1-2H3. The molecule has 0 amide bonds. The van der Waals surface area contributed by atoms with Crippen LogP contribution >= 0.6 is 0 Å². The van der Waals surface area contributed by atoms with Crippen LogP contribution in [0.2, 0.25) is 0 Å². The summed E-state index contributed by atoms with van der Waals surface area (Å²) in [6.07, 6.45) is 4.94. The molecule has 0 saturated carbocycles. The smallest absolute Gasteiger partial charge is 0.243 e. The number of ether oxygens (including phenoxy) is 1. The zero-order valence-corrected chi connectivity index (χ0v) is 12.3. The van der Waals surface area contributed by atoms with Gasteiger partial charge in [0.15, 0.2) is 0 Å². The third-order valence-electron chi connectivity index (χ3n) is 4.11. The molecule has 0 bridgehead atoms. The molecule has 1 aromatic carbocycles. The highest BCUT2D eigenvalue weighted by molar-refractivity contribution is 5.92. The summed E-state index contributed by atoms with van der Waals surface area (Å²) in [5.74, 6) is 0.777. The summed E-state index contributed by atoms with van der Waals surface area (Å²) >= 11 is 0. The highest BCUT2D eigenvalue weighted by Crippen LogP contribution is 2.34. The summed E-state index contributed by atoms with van der Waals surface area (Å²) in [6.45, 7) is 2.52. The van der Waals surface area contributed by atoms with Gasteiger partial charge in [0, 0.05) is 41.7 Å². The quantitative estimate of drug-likeness (QED) is 0.639. The maximum atomic E-state index is 11.0. The Kier molecular flexibility index (Phi) is 3.41. The van der Waals surface area contributed by atoms with E-state index in [2.05, 4.69) is 4.57 Å². The van der Waals surface area contributed by atoms with Gasteiger partial charge in [-0.1, -0.05) is 0 Å². The number of fused-ring (bicyclic) bond motifs is 3. The molecule has 5 heteroatoms. The fourth-order valence-corrected chi connectivity index (χ4v) is 3.05. The van der Waals surface area contributed by atoms with Gasteiger partial charge < -0.3 is 9.30 Å². The lowest BCUT2D eigenvalue weighted by Gasteiger charge is -2.16. The molecule has 0 spiro atoms. The number of allylic oxidation sites excluding steroid dienone is 1. The van der Waals surface area contributed by atoms with Crippen molar-refractivity contribution in [2.45, 2.75) is 32.7 Å². The van der Waals surface area contributed by atoms with E-state index in [1.54, 1.807) is 20.1 Å². The normalized spacial score (nSPS) is 15.0. The number of aromatic nitrogens is 1. The Hall–Kier alpha value is -2.30. The molecule has 1 aliphatic heterocycles. The van der Waals surface area contributed by atoms with Crippen molar-refractivity contribution in [1.82, 2.24) is 4.57 Å². The number of benzene rings is 1. The Morgan fingerprint density at radius 1 is 1.43 bits per heavy atom. The van der Waals surface area contributed by atoms with Crippen LogP contribution < -0.4 is 4.74 Å². The van der Waals surface area contributed by atoms with Crippen molar-refractivity contribution in [3.8, 4) is 5.75 Å². The lowest BCUT2D eigenvalue weighted by molar-refractivity contribution is -0.422. The maximum Gasteiger partial charge on any atom is 0.243 e. The fraction of sp³-hybridized carbons (Fsp3) is 0.375. The van der Waals surface area contributed by atoms with Gasteiger partial charge >= 0.3 is 0 Å². The van der Waals surface area contributed by atoms with E-state index < -0.39 is 0 Å². The third-order valence-corrected chi connectivity index (χ3v) is 4.11. The van der Waals surface area contributed by atoms with Crippen molar-refractivity contribution in [1.29, 1.82) is 0 Å². The first-order chi connectivity index (χ1) is 10.1. The van der Waals surface area contributed by atoms with Crippen molar-refractivity contribution < 1.29 is 9.66 Å². The lowest BCUT2D eigenvalue weighted by Crippen LogP contribution is -2.10. The molecule has 110 valence electrons. The lowest BCUT2D eigenvalue weighted by atomic mass is 10.0. The molecule has 0 radical (unpaired) electrons. The van der Waals surface area contributed by atoms with Crippen LogP contribution in [0, 0.1) is 10.1 Å². The van der Waals surface area contributed by atoms with E-state index in [9.17, 15) is 10.1 Å². The van der Waals surface area contributed by atoms with Crippen LogP contribution in [0.15, 0.2) is 23.9 Å². The van der Waals surface area contributed by atoms with Gasteiger partial charge in [-0.25, -0.2) is 0 Å². The molecule has 0 fully saturated rings. The summed E-state index contributed by atoms with van der Waals surface area (Å²) in [7, 11) is 1.63. The zero-order valence-electron chi connectivity index (χ0n) is 12.3. The van der Waals surface area contributed by atoms with Gasteiger partial charge in [0.05, 0.1) is 12.0 Å². The highest BCUT2D eigenvalue weighted by Gasteiger charge is 2.20. The number of methoxy groups -OCH3 is 1. The second-order valence-electron chi connectivity index (χ2n) is 5.40. The fourth-order valence-electron chi connectivity index (χ4n) is 3.05. The van der Waals surface area contributed by atoms with E-state index in [1.165, 1.54) is 5.69 Å². The topological polar surface area (TPSA) is 57.3 Å². The van der Waals surface area contributed by atoms with Crippen LogP contribution in [-0.4, -0.2) is 16.6 Å². The highest BCUT2D eigenvalue weighted by atomic mass is 16.6. The third kappa shape index (κ3) is 2.28. The number of hydrogen-bond acceptors (Lipinski definition) is 3. The minimum atomic E-state index is -0.334. The van der Waals surface area contributed by atoms with Crippen LogP contribution in [0.4, 0.5) is 0 Å². The summed E-state index contributed by atoms with van der Waals surface area (Å²) in [5, 5.41) is 12.0. The number of aryl methyl sites for hydroxylation is 1. The molecule has 1 aromatic heterocycles. The first-order valence-corrected chi connectivity index (χ1v) is 7.13. The largest absolute Gasteiger partial charge is 0.497 e. The summed E-state index contributed by atoms with van der Waals surface area (Å²) in [5.41, 5.74) is 3.47. The van der Waals surface area contributed by atoms with Gasteiger partial charge in [-0.15, -0.1) is 0 Å². The zero-order chi connectivity index (χ0) is 15.0. The molecule has 0 saturated heterocycles. The number of nitro groups is 1. The SMILES string of the molecule is COc1ccc2c(c1)c(C=C(C)[N+](=O)[O-])c1n2CCCC1. The van der Waals surface area contributed by atoms with E-state index in [-0.39, 0.29) is 10.6 Å². The summed E-state index contributed by atoms with van der Waals surface area (Å²) in [6, 6.07) is 5.96. The summed E-state index contributed by atoms with van der Waals surface area (Å²) < 4.78 is 7.59. The molecule has 1 aliphatic rings. The molecule has 0 atom stereocenters. The van der Waals surface area contributed by atoms with Gasteiger partial charge in [-0.2, -0.15) is 0 Å². The molecular formula is C16H18N2O3. The molecule has 0 aliphatic carbocycles. The molecule has 21 heavy (non-hydrogen) atoms. The average Bonchev–Trinajstić information content (AvgIpc) is 2.81. The van der Waals surface area contributed by atoms with Crippen molar-refractivity contribution in [3.63, 3.8) is 0 Å². The van der Waals surface area contributed by atoms with Gasteiger partial charge in [0.25, 0.3) is 0 Å². The monoisotopic (exact) mass is 286 g/mol. The predicted molar refractivity (Wildman–Crippen MR) is 82.1 cm³/mol. The molecule has 3 rings (SSSR count). The molecular weight excluding hydrogens is 268 g/mol. The number of nitrogens with zero attached hydrogens (tertiary/aromatic N) is 2. The summed E-state index contributed by atoms with van der Waals surface area (Å²) in [4.78, 5) is 10.6. The Morgan fingerprint density at radius 2 is 2.24 bits per heavy atom.